The average Bonchev–Trinajstić information content (AvgIpc) is 2.53. The largest absolute Gasteiger partial charge is 0.508 e. The molecule has 0 aromatic heterocycles. The highest BCUT2D eigenvalue weighted by Gasteiger charge is 2.21. The zero-order chi connectivity index (χ0) is 16.2. The molecule has 3 nitrogen and oxygen atoms in total. The predicted octanol–water partition coefficient (Wildman–Crippen LogP) is 3.69. The lowest BCUT2D eigenvalue weighted by molar-refractivity contribution is 0.300. The van der Waals surface area contributed by atoms with E-state index in [1.54, 1.807) is 6.07 Å². The fourth-order valence-electron chi connectivity index (χ4n) is 3.59. The number of phenols is 2. The summed E-state index contributed by atoms with van der Waals surface area (Å²) in [6.07, 6.45) is 4.43. The Hall–Kier alpha value is -2.00. The van der Waals surface area contributed by atoms with Gasteiger partial charge in [0.15, 0.2) is 0 Å². The Kier molecular flexibility index (Phi) is 4.87. The number of nitrogens with zero attached hydrogens (tertiary/aromatic N) is 1. The normalized spacial score (nSPS) is 17.2. The quantitative estimate of drug-likeness (QED) is 0.885. The Morgan fingerprint density at radius 2 is 1.91 bits per heavy atom. The fraction of sp³-hybridized carbons (Fsp3) is 0.400. The van der Waals surface area contributed by atoms with Crippen molar-refractivity contribution in [3.8, 4) is 11.5 Å². The van der Waals surface area contributed by atoms with Crippen molar-refractivity contribution in [3.05, 3.63) is 59.2 Å². The molecule has 3 heteroatoms. The van der Waals surface area contributed by atoms with Crippen LogP contribution in [0.4, 0.5) is 0 Å². The Morgan fingerprint density at radius 1 is 1.09 bits per heavy atom. The van der Waals surface area contributed by atoms with E-state index in [9.17, 15) is 10.2 Å². The van der Waals surface area contributed by atoms with Gasteiger partial charge in [-0.05, 0) is 79.6 Å². The van der Waals surface area contributed by atoms with E-state index in [4.69, 9.17) is 0 Å². The molecule has 0 amide bonds. The molecule has 1 aliphatic rings. The second-order valence-corrected chi connectivity index (χ2v) is 6.65. The van der Waals surface area contributed by atoms with Crippen LogP contribution in [-0.4, -0.2) is 35.3 Å². The summed E-state index contributed by atoms with van der Waals surface area (Å²) in [5.41, 5.74) is 3.88. The topological polar surface area (TPSA) is 43.7 Å². The van der Waals surface area contributed by atoms with Gasteiger partial charge in [0.05, 0.1) is 0 Å². The molecule has 122 valence electrons. The van der Waals surface area contributed by atoms with Gasteiger partial charge in [-0.15, -0.1) is 0 Å². The van der Waals surface area contributed by atoms with E-state index >= 15 is 0 Å². The van der Waals surface area contributed by atoms with E-state index in [0.29, 0.717) is 17.4 Å². The smallest absolute Gasteiger partial charge is 0.115 e. The van der Waals surface area contributed by atoms with Crippen LogP contribution in [0.1, 0.15) is 35.4 Å². The van der Waals surface area contributed by atoms with Gasteiger partial charge in [0, 0.05) is 13.1 Å². The lowest BCUT2D eigenvalue weighted by Gasteiger charge is -2.29. The lowest BCUT2D eigenvalue weighted by atomic mass is 9.82. The summed E-state index contributed by atoms with van der Waals surface area (Å²) in [5.74, 6) is 1.27. The fourth-order valence-corrected chi connectivity index (χ4v) is 3.59. The Bertz CT molecular complexity index is 668. The number of hydrogen-bond acceptors (Lipinski definition) is 3. The molecule has 1 atom stereocenters. The van der Waals surface area contributed by atoms with Crippen LogP contribution in [0.2, 0.25) is 0 Å². The van der Waals surface area contributed by atoms with Crippen molar-refractivity contribution in [1.82, 2.24) is 4.90 Å². The summed E-state index contributed by atoms with van der Waals surface area (Å²) < 4.78 is 0. The van der Waals surface area contributed by atoms with Crippen LogP contribution in [0.25, 0.3) is 0 Å². The minimum Gasteiger partial charge on any atom is -0.508 e. The summed E-state index contributed by atoms with van der Waals surface area (Å²) >= 11 is 0. The van der Waals surface area contributed by atoms with Crippen molar-refractivity contribution in [2.24, 2.45) is 0 Å². The molecule has 0 bridgehead atoms. The van der Waals surface area contributed by atoms with Crippen LogP contribution >= 0.6 is 0 Å². The second kappa shape index (κ2) is 7.05. The summed E-state index contributed by atoms with van der Waals surface area (Å²) in [6, 6.07) is 13.3. The highest BCUT2D eigenvalue weighted by atomic mass is 16.3. The molecule has 0 spiro atoms. The van der Waals surface area contributed by atoms with Gasteiger partial charge in [-0.25, -0.2) is 0 Å². The highest BCUT2D eigenvalue weighted by molar-refractivity contribution is 5.38. The van der Waals surface area contributed by atoms with Crippen LogP contribution in [0.5, 0.6) is 11.5 Å². The first kappa shape index (κ1) is 15.9. The summed E-state index contributed by atoms with van der Waals surface area (Å²) in [7, 11) is 2.16. The van der Waals surface area contributed by atoms with Crippen LogP contribution in [-0.2, 0) is 12.8 Å². The first-order valence-electron chi connectivity index (χ1n) is 8.40. The van der Waals surface area contributed by atoms with Crippen molar-refractivity contribution < 1.29 is 10.2 Å². The zero-order valence-corrected chi connectivity index (χ0v) is 13.7. The number of hydrogen-bond donors (Lipinski definition) is 2. The lowest BCUT2D eigenvalue weighted by Crippen LogP contribution is -2.28. The zero-order valence-electron chi connectivity index (χ0n) is 13.7. The Morgan fingerprint density at radius 3 is 2.74 bits per heavy atom. The molecular weight excluding hydrogens is 286 g/mol. The van der Waals surface area contributed by atoms with Gasteiger partial charge in [0.2, 0.25) is 0 Å². The molecule has 0 saturated carbocycles. The number of rotatable bonds is 5. The molecule has 0 radical (unpaired) electrons. The number of benzene rings is 2. The standard InChI is InChI=1S/C20H25NO2/c1-21(11-10-15-4-2-7-18(22)12-15)14-17-6-3-5-16-13-19(23)8-9-20(16)17/h2,4,7-9,12-13,17,22-23H,3,5-6,10-11,14H2,1H3. The Labute approximate surface area is 138 Å². The van der Waals surface area contributed by atoms with Crippen LogP contribution in [0.3, 0.4) is 0 Å². The SMILES string of the molecule is CN(CCc1cccc(O)c1)CC1CCCc2cc(O)ccc21. The van der Waals surface area contributed by atoms with Crippen molar-refractivity contribution in [3.63, 3.8) is 0 Å². The monoisotopic (exact) mass is 311 g/mol. The number of likely N-dealkylation sites (N-methyl/N-ethyl adjacent to an activating group) is 1. The molecule has 1 unspecified atom stereocenters. The third-order valence-electron chi connectivity index (χ3n) is 4.79. The average molecular weight is 311 g/mol. The first-order valence-corrected chi connectivity index (χ1v) is 8.40. The molecule has 0 fully saturated rings. The van der Waals surface area contributed by atoms with Crippen LogP contribution in [0.15, 0.2) is 42.5 Å². The predicted molar refractivity (Wildman–Crippen MR) is 93.1 cm³/mol. The summed E-state index contributed by atoms with van der Waals surface area (Å²) in [4.78, 5) is 2.37. The van der Waals surface area contributed by atoms with Crippen LogP contribution < -0.4 is 0 Å². The van der Waals surface area contributed by atoms with Crippen LogP contribution in [0, 0.1) is 0 Å². The molecule has 0 aliphatic heterocycles. The van der Waals surface area contributed by atoms with E-state index in [2.05, 4.69) is 24.1 Å². The molecular formula is C20H25NO2. The number of aryl methyl sites for hydroxylation is 1. The molecule has 3 rings (SSSR count). The second-order valence-electron chi connectivity index (χ2n) is 6.65. The van der Waals surface area contributed by atoms with Gasteiger partial charge in [-0.2, -0.15) is 0 Å². The van der Waals surface area contributed by atoms with Gasteiger partial charge in [0.25, 0.3) is 0 Å². The Balaban J connectivity index is 1.59. The van der Waals surface area contributed by atoms with E-state index < -0.39 is 0 Å². The number of fused-ring (bicyclic) bond motifs is 1. The maximum Gasteiger partial charge on any atom is 0.115 e. The van der Waals surface area contributed by atoms with Gasteiger partial charge in [0.1, 0.15) is 11.5 Å². The van der Waals surface area contributed by atoms with Crippen molar-refractivity contribution in [2.75, 3.05) is 20.1 Å². The number of phenolic OH excluding ortho intramolecular Hbond substituents is 2. The van der Waals surface area contributed by atoms with Crippen molar-refractivity contribution in [2.45, 2.75) is 31.6 Å². The first-order chi connectivity index (χ1) is 11.1. The molecule has 1 aliphatic carbocycles. The molecule has 2 aromatic rings. The molecule has 23 heavy (non-hydrogen) atoms. The molecule has 2 N–H and O–H groups in total. The van der Waals surface area contributed by atoms with Crippen molar-refractivity contribution >= 4 is 0 Å². The third-order valence-corrected chi connectivity index (χ3v) is 4.79. The van der Waals surface area contributed by atoms with E-state index in [-0.39, 0.29) is 0 Å². The number of aromatic hydroxyl groups is 2. The third kappa shape index (κ3) is 4.05. The van der Waals surface area contributed by atoms with Gasteiger partial charge < -0.3 is 15.1 Å². The minimum absolute atomic E-state index is 0.339. The summed E-state index contributed by atoms with van der Waals surface area (Å²) in [5, 5.41) is 19.2. The summed E-state index contributed by atoms with van der Waals surface area (Å²) in [6.45, 7) is 2.02. The van der Waals surface area contributed by atoms with Crippen molar-refractivity contribution in [1.29, 1.82) is 0 Å². The van der Waals surface area contributed by atoms with E-state index in [0.717, 1.165) is 25.9 Å². The van der Waals surface area contributed by atoms with E-state index in [1.807, 2.05) is 24.3 Å². The van der Waals surface area contributed by atoms with Gasteiger partial charge >= 0.3 is 0 Å². The maximum absolute atomic E-state index is 9.66. The van der Waals surface area contributed by atoms with E-state index in [1.165, 1.54) is 29.5 Å². The van der Waals surface area contributed by atoms with Gasteiger partial charge in [-0.3, -0.25) is 0 Å². The van der Waals surface area contributed by atoms with Gasteiger partial charge in [-0.1, -0.05) is 18.2 Å². The molecule has 2 aromatic carbocycles. The molecule has 0 heterocycles. The minimum atomic E-state index is 0.339. The highest BCUT2D eigenvalue weighted by Crippen LogP contribution is 2.33. The molecule has 0 saturated heterocycles. The maximum atomic E-state index is 9.66.